The van der Waals surface area contributed by atoms with Crippen LogP contribution in [0.2, 0.25) is 0 Å². The molecule has 1 saturated heterocycles. The largest absolute Gasteiger partial charge is 0.550 e. The quantitative estimate of drug-likeness (QED) is 0.782. The Labute approximate surface area is 127 Å². The van der Waals surface area contributed by atoms with E-state index < -0.39 is 11.2 Å². The lowest BCUT2D eigenvalue weighted by atomic mass is 9.77. The normalized spacial score (nSPS) is 28.6. The van der Waals surface area contributed by atoms with Crippen LogP contribution in [-0.4, -0.2) is 28.0 Å². The monoisotopic (exact) mass is 308 g/mol. The van der Waals surface area contributed by atoms with Gasteiger partial charge in [-0.3, -0.25) is 4.79 Å². The number of carboxylic acids is 1. The third-order valence-electron chi connectivity index (χ3n) is 3.23. The van der Waals surface area contributed by atoms with E-state index in [1.54, 1.807) is 0 Å². The molecule has 6 nitrogen and oxygen atoms in total. The molecular formula is C14H18N3O3S-. The standard InChI is InChI=1S/C14H19N3O3S/c1-8-4-9(7-14(2,3)6-8)16-17-13-15-12(20)10(21-13)5-11(18)19/h4,10H,5-7H2,1-3H3,(H,18,19)(H,15,17,20)/p-1/b16-9+/t10-/m1/s1. The average molecular weight is 308 g/mol. The molecule has 0 aromatic carbocycles. The van der Waals surface area contributed by atoms with Crippen molar-refractivity contribution in [1.82, 2.24) is 5.32 Å². The van der Waals surface area contributed by atoms with E-state index in [-0.39, 0.29) is 17.7 Å². The van der Waals surface area contributed by atoms with Crippen LogP contribution in [0.3, 0.4) is 0 Å². The maximum Gasteiger partial charge on any atom is 0.239 e. The molecule has 1 atom stereocenters. The number of carbonyl (C=O) groups is 2. The summed E-state index contributed by atoms with van der Waals surface area (Å²) in [6.07, 6.45) is 3.54. The molecule has 0 saturated carbocycles. The van der Waals surface area contributed by atoms with Gasteiger partial charge in [0, 0.05) is 12.4 Å². The number of thioether (sulfide) groups is 1. The summed E-state index contributed by atoms with van der Waals surface area (Å²) >= 11 is 1.08. The minimum absolute atomic E-state index is 0.154. The topological polar surface area (TPSA) is 94.0 Å². The molecule has 1 fully saturated rings. The fraction of sp³-hybridized carbons (Fsp3) is 0.571. The van der Waals surface area contributed by atoms with Crippen LogP contribution in [0.15, 0.2) is 21.9 Å². The number of amidine groups is 1. The molecule has 1 amide bonds. The number of carboxylic acid groups (broad SMARTS) is 1. The Morgan fingerprint density at radius 3 is 2.81 bits per heavy atom. The van der Waals surface area contributed by atoms with Gasteiger partial charge in [-0.15, -0.1) is 5.10 Å². The van der Waals surface area contributed by atoms with Gasteiger partial charge in [0.1, 0.15) is 0 Å². The fourth-order valence-corrected chi connectivity index (χ4v) is 3.51. The first kappa shape index (κ1) is 15.8. The third kappa shape index (κ3) is 4.42. The van der Waals surface area contributed by atoms with Gasteiger partial charge in [0.05, 0.1) is 11.0 Å². The van der Waals surface area contributed by atoms with E-state index in [1.807, 2.05) is 6.08 Å². The van der Waals surface area contributed by atoms with Crippen molar-refractivity contribution in [1.29, 1.82) is 0 Å². The Bertz CT molecular complexity index is 564. The second-order valence-corrected chi connectivity index (χ2v) is 7.37. The minimum atomic E-state index is -1.25. The number of allylic oxidation sites excluding steroid dienone is 2. The van der Waals surface area contributed by atoms with E-state index in [0.29, 0.717) is 5.17 Å². The van der Waals surface area contributed by atoms with Gasteiger partial charge in [-0.05, 0) is 31.3 Å². The van der Waals surface area contributed by atoms with E-state index in [2.05, 4.69) is 36.3 Å². The molecule has 0 unspecified atom stereocenters. The first-order valence-electron chi connectivity index (χ1n) is 6.74. The molecule has 7 heteroatoms. The average Bonchev–Trinajstić information content (AvgIpc) is 2.64. The van der Waals surface area contributed by atoms with Gasteiger partial charge in [0.25, 0.3) is 0 Å². The molecule has 1 aliphatic heterocycles. The second-order valence-electron chi connectivity index (χ2n) is 6.18. The highest BCUT2D eigenvalue weighted by molar-refractivity contribution is 8.15. The summed E-state index contributed by atoms with van der Waals surface area (Å²) in [5, 5.41) is 21.0. The molecule has 2 rings (SSSR count). The van der Waals surface area contributed by atoms with Crippen LogP contribution in [0.4, 0.5) is 0 Å². The summed E-state index contributed by atoms with van der Waals surface area (Å²) in [6, 6.07) is 0. The van der Waals surface area contributed by atoms with Gasteiger partial charge in [-0.1, -0.05) is 31.2 Å². The zero-order chi connectivity index (χ0) is 15.6. The van der Waals surface area contributed by atoms with Crippen molar-refractivity contribution in [2.24, 2.45) is 15.6 Å². The SMILES string of the molecule is CC1=C/C(=N\N=C2/NC(=O)[C@@H](CC(=O)[O-])S2)CC(C)(C)C1. The van der Waals surface area contributed by atoms with Crippen molar-refractivity contribution < 1.29 is 14.7 Å². The van der Waals surface area contributed by atoms with E-state index in [4.69, 9.17) is 0 Å². The van der Waals surface area contributed by atoms with Crippen LogP contribution < -0.4 is 10.4 Å². The van der Waals surface area contributed by atoms with E-state index >= 15 is 0 Å². The predicted octanol–water partition coefficient (Wildman–Crippen LogP) is 0.836. The van der Waals surface area contributed by atoms with Crippen LogP contribution in [0.5, 0.6) is 0 Å². The molecule has 21 heavy (non-hydrogen) atoms. The molecule has 2 aliphatic rings. The third-order valence-corrected chi connectivity index (χ3v) is 4.30. The van der Waals surface area contributed by atoms with E-state index in [0.717, 1.165) is 30.3 Å². The van der Waals surface area contributed by atoms with Gasteiger partial charge in [-0.2, -0.15) is 5.10 Å². The molecule has 0 radical (unpaired) electrons. The zero-order valence-electron chi connectivity index (χ0n) is 12.3. The number of hydrogen-bond acceptors (Lipinski definition) is 6. The first-order chi connectivity index (χ1) is 9.75. The summed E-state index contributed by atoms with van der Waals surface area (Å²) in [5.41, 5.74) is 2.28. The van der Waals surface area contributed by atoms with Gasteiger partial charge in [0.15, 0.2) is 5.17 Å². The van der Waals surface area contributed by atoms with Crippen LogP contribution in [-0.2, 0) is 9.59 Å². The Morgan fingerprint density at radius 1 is 1.48 bits per heavy atom. The van der Waals surface area contributed by atoms with Gasteiger partial charge >= 0.3 is 0 Å². The van der Waals surface area contributed by atoms with Crippen LogP contribution >= 0.6 is 11.8 Å². The van der Waals surface area contributed by atoms with Crippen molar-refractivity contribution >= 4 is 34.5 Å². The lowest BCUT2D eigenvalue weighted by molar-refractivity contribution is -0.305. The second kappa shape index (κ2) is 6.01. The van der Waals surface area contributed by atoms with Crippen LogP contribution in [0.1, 0.15) is 40.0 Å². The molecule has 0 bridgehead atoms. The molecular weight excluding hydrogens is 290 g/mol. The summed E-state index contributed by atoms with van der Waals surface area (Å²) in [4.78, 5) is 22.1. The summed E-state index contributed by atoms with van der Waals surface area (Å²) in [5.74, 6) is -1.61. The first-order valence-corrected chi connectivity index (χ1v) is 7.62. The summed E-state index contributed by atoms with van der Waals surface area (Å²) in [7, 11) is 0. The lowest BCUT2D eigenvalue weighted by Crippen LogP contribution is -2.31. The van der Waals surface area contributed by atoms with Crippen molar-refractivity contribution in [2.75, 3.05) is 0 Å². The number of nitrogens with zero attached hydrogens (tertiary/aromatic N) is 2. The zero-order valence-corrected chi connectivity index (χ0v) is 13.1. The Hall–Kier alpha value is -1.63. The minimum Gasteiger partial charge on any atom is -0.550 e. The number of rotatable bonds is 3. The van der Waals surface area contributed by atoms with E-state index in [9.17, 15) is 14.7 Å². The highest BCUT2D eigenvalue weighted by Crippen LogP contribution is 2.33. The Kier molecular flexibility index (Phi) is 4.51. The molecule has 1 aliphatic carbocycles. The number of amides is 1. The Balaban J connectivity index is 2.08. The molecule has 1 N–H and O–H groups in total. The molecule has 1 heterocycles. The highest BCUT2D eigenvalue weighted by Gasteiger charge is 2.30. The van der Waals surface area contributed by atoms with Crippen LogP contribution in [0.25, 0.3) is 0 Å². The number of nitrogens with one attached hydrogen (secondary N) is 1. The fourth-order valence-electron chi connectivity index (χ4n) is 2.61. The number of hydrogen-bond donors (Lipinski definition) is 1. The smallest absolute Gasteiger partial charge is 0.239 e. The number of carbonyl (C=O) groups excluding carboxylic acids is 2. The number of aliphatic carboxylic acids is 1. The summed E-state index contributed by atoms with van der Waals surface area (Å²) in [6.45, 7) is 6.41. The van der Waals surface area contributed by atoms with Crippen molar-refractivity contribution in [3.05, 3.63) is 11.6 Å². The Morgan fingerprint density at radius 2 is 2.19 bits per heavy atom. The van der Waals surface area contributed by atoms with Gasteiger partial charge in [-0.25, -0.2) is 0 Å². The van der Waals surface area contributed by atoms with Crippen molar-refractivity contribution in [3.63, 3.8) is 0 Å². The lowest BCUT2D eigenvalue weighted by Gasteiger charge is -2.28. The molecule has 114 valence electrons. The molecule has 0 spiro atoms. The molecule has 0 aromatic heterocycles. The van der Waals surface area contributed by atoms with Crippen LogP contribution in [0, 0.1) is 5.41 Å². The highest BCUT2D eigenvalue weighted by atomic mass is 32.2. The van der Waals surface area contributed by atoms with Crippen molar-refractivity contribution in [3.8, 4) is 0 Å². The maximum atomic E-state index is 11.6. The predicted molar refractivity (Wildman–Crippen MR) is 80.8 cm³/mol. The van der Waals surface area contributed by atoms with Gasteiger partial charge < -0.3 is 15.2 Å². The van der Waals surface area contributed by atoms with Crippen molar-refractivity contribution in [2.45, 2.75) is 45.3 Å². The van der Waals surface area contributed by atoms with E-state index in [1.165, 1.54) is 5.57 Å². The maximum absolute atomic E-state index is 11.6. The molecule has 0 aromatic rings. The summed E-state index contributed by atoms with van der Waals surface area (Å²) < 4.78 is 0. The van der Waals surface area contributed by atoms with Gasteiger partial charge in [0.2, 0.25) is 5.91 Å².